The third-order valence-electron chi connectivity index (χ3n) is 4.91. The number of likely N-dealkylation sites (tertiary alicyclic amines) is 1. The molecule has 2 atom stereocenters. The molecule has 0 unspecified atom stereocenters. The molecule has 1 aromatic rings. The first-order valence-electron chi connectivity index (χ1n) is 7.65. The second kappa shape index (κ2) is 4.82. The summed E-state index contributed by atoms with van der Waals surface area (Å²) in [5.74, 6) is -0.0496. The Hall–Kier alpha value is -2.35. The number of rotatable bonds is 1. The number of carboxylic acid groups (broad SMARTS) is 1. The fourth-order valence-corrected chi connectivity index (χ4v) is 3.65. The Morgan fingerprint density at radius 2 is 2.13 bits per heavy atom. The molecule has 23 heavy (non-hydrogen) atoms. The molecule has 4 rings (SSSR count). The van der Waals surface area contributed by atoms with Crippen molar-refractivity contribution in [2.75, 3.05) is 13.1 Å². The van der Waals surface area contributed by atoms with Crippen LogP contribution < -0.4 is 0 Å². The highest BCUT2D eigenvalue weighted by atomic mass is 16.6. The van der Waals surface area contributed by atoms with Gasteiger partial charge in [-0.3, -0.25) is 14.4 Å². The number of amides is 2. The van der Waals surface area contributed by atoms with Gasteiger partial charge in [0.05, 0.1) is 12.2 Å². The molecule has 0 radical (unpaired) electrons. The highest BCUT2D eigenvalue weighted by molar-refractivity contribution is 5.89. The maximum Gasteiger partial charge on any atom is 0.407 e. The summed E-state index contributed by atoms with van der Waals surface area (Å²) in [5, 5.41) is 13.2. The smallest absolute Gasteiger partial charge is 0.407 e. The van der Waals surface area contributed by atoms with Crippen molar-refractivity contribution in [1.82, 2.24) is 19.6 Å². The topological polar surface area (TPSA) is 87.9 Å². The molecule has 3 aliphatic rings. The molecule has 8 nitrogen and oxygen atoms in total. The minimum Gasteiger partial charge on any atom is -0.465 e. The van der Waals surface area contributed by atoms with Gasteiger partial charge in [0.15, 0.2) is 11.8 Å². The predicted molar refractivity (Wildman–Crippen MR) is 78.4 cm³/mol. The number of carbonyl (C=O) groups excluding carboxylic acids is 1. The zero-order valence-electron chi connectivity index (χ0n) is 12.8. The van der Waals surface area contributed by atoms with E-state index in [1.54, 1.807) is 15.8 Å². The summed E-state index contributed by atoms with van der Waals surface area (Å²) in [6.45, 7) is 0.645. The van der Waals surface area contributed by atoms with Gasteiger partial charge in [0.2, 0.25) is 0 Å². The quantitative estimate of drug-likeness (QED) is 0.771. The number of ether oxygens (including phenoxy) is 1. The molecule has 0 aliphatic carbocycles. The molecule has 2 saturated heterocycles. The van der Waals surface area contributed by atoms with E-state index < -0.39 is 11.7 Å². The lowest BCUT2D eigenvalue weighted by Crippen LogP contribution is -2.51. The van der Waals surface area contributed by atoms with Crippen molar-refractivity contribution in [2.45, 2.75) is 30.7 Å². The average molecular weight is 318 g/mol. The van der Waals surface area contributed by atoms with Crippen LogP contribution >= 0.6 is 0 Å². The maximum absolute atomic E-state index is 13.0. The second-order valence-electron chi connectivity index (χ2n) is 6.26. The molecule has 1 N–H and O–H groups in total. The summed E-state index contributed by atoms with van der Waals surface area (Å²) < 4.78 is 7.76. The third-order valence-corrected chi connectivity index (χ3v) is 4.91. The molecule has 0 saturated carbocycles. The van der Waals surface area contributed by atoms with Crippen molar-refractivity contribution in [3.63, 3.8) is 0 Å². The number of nitrogens with zero attached hydrogens (tertiary/aromatic N) is 4. The van der Waals surface area contributed by atoms with Gasteiger partial charge < -0.3 is 14.7 Å². The molecule has 2 fully saturated rings. The standard InChI is InChI=1S/C15H18N4O4/c1-17-9-10(8-16-17)11-2-3-12-19(11)13(20)15(23-12)4-6-18(7-5-15)14(21)22/h2-3,8-9,11-12H,4-7H2,1H3,(H,21,22)/t11-,12+/m0/s1. The van der Waals surface area contributed by atoms with Gasteiger partial charge in [-0.05, 0) is 6.08 Å². The van der Waals surface area contributed by atoms with Gasteiger partial charge in [-0.15, -0.1) is 0 Å². The molecule has 2 amide bonds. The van der Waals surface area contributed by atoms with Crippen LogP contribution in [-0.2, 0) is 16.6 Å². The van der Waals surface area contributed by atoms with Gasteiger partial charge in [-0.1, -0.05) is 6.08 Å². The summed E-state index contributed by atoms with van der Waals surface area (Å²) in [6, 6.07) is -0.168. The van der Waals surface area contributed by atoms with E-state index in [0.717, 1.165) is 5.56 Å². The van der Waals surface area contributed by atoms with E-state index in [4.69, 9.17) is 9.84 Å². The summed E-state index contributed by atoms with van der Waals surface area (Å²) in [5.41, 5.74) is 0.0604. The molecule has 8 heteroatoms. The van der Waals surface area contributed by atoms with E-state index in [1.165, 1.54) is 4.90 Å². The normalized spacial score (nSPS) is 28.7. The van der Waals surface area contributed by atoms with Crippen LogP contribution in [0.5, 0.6) is 0 Å². The number of aromatic nitrogens is 2. The summed E-state index contributed by atoms with van der Waals surface area (Å²) in [7, 11) is 1.84. The van der Waals surface area contributed by atoms with E-state index in [0.29, 0.717) is 25.9 Å². The maximum atomic E-state index is 13.0. The number of fused-ring (bicyclic) bond motifs is 1. The van der Waals surface area contributed by atoms with Crippen molar-refractivity contribution in [3.8, 4) is 0 Å². The highest BCUT2D eigenvalue weighted by Gasteiger charge is 2.56. The van der Waals surface area contributed by atoms with Crippen LogP contribution in [0.1, 0.15) is 24.4 Å². The van der Waals surface area contributed by atoms with E-state index in [9.17, 15) is 9.59 Å². The van der Waals surface area contributed by atoms with Crippen molar-refractivity contribution in [3.05, 3.63) is 30.1 Å². The monoisotopic (exact) mass is 318 g/mol. The van der Waals surface area contributed by atoms with Crippen LogP contribution in [0.3, 0.4) is 0 Å². The van der Waals surface area contributed by atoms with Gasteiger partial charge >= 0.3 is 6.09 Å². The Labute approximate surface area is 132 Å². The van der Waals surface area contributed by atoms with Gasteiger partial charge in [0.25, 0.3) is 5.91 Å². The zero-order chi connectivity index (χ0) is 16.2. The zero-order valence-corrected chi connectivity index (χ0v) is 12.8. The Bertz CT molecular complexity index is 689. The largest absolute Gasteiger partial charge is 0.465 e. The van der Waals surface area contributed by atoms with Crippen LogP contribution in [0.2, 0.25) is 0 Å². The van der Waals surface area contributed by atoms with Crippen LogP contribution in [0.15, 0.2) is 24.5 Å². The summed E-state index contributed by atoms with van der Waals surface area (Å²) in [4.78, 5) is 27.1. The van der Waals surface area contributed by atoms with Crippen molar-refractivity contribution in [2.24, 2.45) is 7.05 Å². The van der Waals surface area contributed by atoms with E-state index in [2.05, 4.69) is 5.10 Å². The third kappa shape index (κ3) is 2.05. The molecule has 0 aromatic carbocycles. The number of piperidine rings is 1. The lowest BCUT2D eigenvalue weighted by atomic mass is 9.90. The summed E-state index contributed by atoms with van der Waals surface area (Å²) >= 11 is 0. The van der Waals surface area contributed by atoms with Crippen molar-refractivity contribution < 1.29 is 19.4 Å². The van der Waals surface area contributed by atoms with E-state index in [-0.39, 0.29) is 18.2 Å². The molecule has 0 bridgehead atoms. The van der Waals surface area contributed by atoms with E-state index >= 15 is 0 Å². The molecule has 122 valence electrons. The lowest BCUT2D eigenvalue weighted by molar-refractivity contribution is -0.141. The Kier molecular flexibility index (Phi) is 2.99. The predicted octanol–water partition coefficient (Wildman–Crippen LogP) is 0.728. The van der Waals surface area contributed by atoms with Crippen molar-refractivity contribution in [1.29, 1.82) is 0 Å². The average Bonchev–Trinajstić information content (AvgIpc) is 3.18. The molecule has 4 heterocycles. The van der Waals surface area contributed by atoms with E-state index in [1.807, 2.05) is 25.4 Å². The minimum absolute atomic E-state index is 0.0496. The fraction of sp³-hybridized carbons (Fsp3) is 0.533. The lowest BCUT2D eigenvalue weighted by Gasteiger charge is -2.35. The first-order valence-corrected chi connectivity index (χ1v) is 7.65. The molecular formula is C15H18N4O4. The second-order valence-corrected chi connectivity index (χ2v) is 6.26. The summed E-state index contributed by atoms with van der Waals surface area (Å²) in [6.07, 6.45) is 6.98. The van der Waals surface area contributed by atoms with Crippen LogP contribution in [0.25, 0.3) is 0 Å². The SMILES string of the molecule is Cn1cc([C@@H]2C=C[C@H]3OC4(CCN(C(=O)O)CC4)C(=O)N32)cn1. The molecule has 1 spiro atoms. The fourth-order valence-electron chi connectivity index (χ4n) is 3.65. The van der Waals surface area contributed by atoms with Gasteiger partial charge in [0.1, 0.15) is 0 Å². The molecular weight excluding hydrogens is 300 g/mol. The Balaban J connectivity index is 1.56. The van der Waals surface area contributed by atoms with Crippen molar-refractivity contribution >= 4 is 12.0 Å². The molecule has 3 aliphatic heterocycles. The van der Waals surface area contributed by atoms with Gasteiger partial charge in [0, 0.05) is 44.7 Å². The first-order chi connectivity index (χ1) is 11.0. The number of carbonyl (C=O) groups is 2. The minimum atomic E-state index is -0.945. The Morgan fingerprint density at radius 3 is 2.74 bits per heavy atom. The number of hydrogen-bond acceptors (Lipinski definition) is 4. The van der Waals surface area contributed by atoms with Gasteiger partial charge in [-0.2, -0.15) is 5.10 Å². The Morgan fingerprint density at radius 1 is 1.39 bits per heavy atom. The van der Waals surface area contributed by atoms with Crippen LogP contribution in [0, 0.1) is 0 Å². The number of aryl methyl sites for hydroxylation is 1. The first kappa shape index (κ1) is 14.3. The van der Waals surface area contributed by atoms with Gasteiger partial charge in [-0.25, -0.2) is 4.79 Å². The van der Waals surface area contributed by atoms with Crippen LogP contribution in [-0.4, -0.2) is 61.6 Å². The van der Waals surface area contributed by atoms with Crippen LogP contribution in [0.4, 0.5) is 4.79 Å². The number of hydrogen-bond donors (Lipinski definition) is 1. The highest BCUT2D eigenvalue weighted by Crippen LogP contribution is 2.44. The molecule has 1 aromatic heterocycles.